The van der Waals surface area contributed by atoms with E-state index >= 15 is 0 Å². The number of ether oxygens (including phenoxy) is 1. The molecule has 2 heterocycles. The van der Waals surface area contributed by atoms with E-state index in [0.717, 1.165) is 25.2 Å². The molecule has 0 amide bonds. The summed E-state index contributed by atoms with van der Waals surface area (Å²) in [5, 5.41) is 9.82. The van der Waals surface area contributed by atoms with Crippen molar-refractivity contribution in [1.29, 1.82) is 0 Å². The van der Waals surface area contributed by atoms with Crippen LogP contribution in [0.5, 0.6) is 0 Å². The van der Waals surface area contributed by atoms with Gasteiger partial charge in [-0.25, -0.2) is 9.78 Å². The van der Waals surface area contributed by atoms with Gasteiger partial charge in [-0.1, -0.05) is 11.6 Å². The first kappa shape index (κ1) is 12.7. The number of hydrogen-bond donors (Lipinski definition) is 1. The highest BCUT2D eigenvalue weighted by atomic mass is 35.5. The highest BCUT2D eigenvalue weighted by Crippen LogP contribution is 2.28. The third-order valence-electron chi connectivity index (χ3n) is 2.48. The predicted octanol–water partition coefficient (Wildman–Crippen LogP) is 2.70. The molecule has 4 nitrogen and oxygen atoms in total. The maximum atomic E-state index is 10.7. The zero-order chi connectivity index (χ0) is 12.3. The topological polar surface area (TPSA) is 59.4 Å². The Morgan fingerprint density at radius 3 is 3.12 bits per heavy atom. The number of rotatable bonds is 4. The molecule has 0 aromatic carbocycles. The molecule has 1 aliphatic heterocycles. The van der Waals surface area contributed by atoms with Crippen LogP contribution in [0.1, 0.15) is 23.2 Å². The van der Waals surface area contributed by atoms with Crippen molar-refractivity contribution in [2.45, 2.75) is 24.0 Å². The number of pyridine rings is 1. The Balaban J connectivity index is 1.98. The monoisotopic (exact) mass is 273 g/mol. The zero-order valence-electron chi connectivity index (χ0n) is 9.06. The van der Waals surface area contributed by atoms with Crippen LogP contribution in [0.4, 0.5) is 0 Å². The van der Waals surface area contributed by atoms with E-state index in [1.54, 1.807) is 0 Å². The summed E-state index contributed by atoms with van der Waals surface area (Å²) in [5.74, 6) is -0.214. The standard InChI is InChI=1S/C11H12ClNO3S/c12-9-4-7(11(14)15)5-13-10(9)17-6-8-2-1-3-16-8/h4-5,8H,1-3,6H2,(H,14,15). The summed E-state index contributed by atoms with van der Waals surface area (Å²) in [4.78, 5) is 14.8. The lowest BCUT2D eigenvalue weighted by molar-refractivity contribution is 0.0696. The normalized spacial score (nSPS) is 19.5. The Kier molecular flexibility index (Phi) is 4.25. The molecule has 0 aliphatic carbocycles. The van der Waals surface area contributed by atoms with Crippen LogP contribution in [0.25, 0.3) is 0 Å². The van der Waals surface area contributed by atoms with Crippen molar-refractivity contribution in [3.05, 3.63) is 22.8 Å². The summed E-state index contributed by atoms with van der Waals surface area (Å²) in [6, 6.07) is 1.43. The Hall–Kier alpha value is -0.780. The minimum absolute atomic E-state index is 0.108. The van der Waals surface area contributed by atoms with Gasteiger partial charge < -0.3 is 9.84 Å². The lowest BCUT2D eigenvalue weighted by Crippen LogP contribution is -2.08. The third kappa shape index (κ3) is 3.34. The van der Waals surface area contributed by atoms with Gasteiger partial charge in [0.1, 0.15) is 5.03 Å². The summed E-state index contributed by atoms with van der Waals surface area (Å²) in [6.45, 7) is 0.824. The number of aromatic carboxylic acids is 1. The molecule has 1 aromatic heterocycles. The molecule has 0 radical (unpaired) electrons. The summed E-state index contributed by atoms with van der Waals surface area (Å²) in [6.07, 6.45) is 3.76. The second kappa shape index (κ2) is 5.71. The number of nitrogens with zero attached hydrogens (tertiary/aromatic N) is 1. The smallest absolute Gasteiger partial charge is 0.337 e. The van der Waals surface area contributed by atoms with Crippen molar-refractivity contribution < 1.29 is 14.6 Å². The Labute approximate surface area is 108 Å². The second-order valence-corrected chi connectivity index (χ2v) is 5.18. The average molecular weight is 274 g/mol. The van der Waals surface area contributed by atoms with Gasteiger partial charge >= 0.3 is 5.97 Å². The average Bonchev–Trinajstić information content (AvgIpc) is 2.80. The van der Waals surface area contributed by atoms with E-state index in [9.17, 15) is 4.79 Å². The molecule has 1 unspecified atom stereocenters. The maximum Gasteiger partial charge on any atom is 0.337 e. The van der Waals surface area contributed by atoms with Crippen LogP contribution in [-0.4, -0.2) is 34.5 Å². The molecule has 92 valence electrons. The summed E-state index contributed by atoms with van der Waals surface area (Å²) >= 11 is 7.48. The third-order valence-corrected chi connectivity index (χ3v) is 4.02. The number of thioether (sulfide) groups is 1. The van der Waals surface area contributed by atoms with Crippen LogP contribution in [0.3, 0.4) is 0 Å². The number of hydrogen-bond acceptors (Lipinski definition) is 4. The van der Waals surface area contributed by atoms with Gasteiger partial charge in [0, 0.05) is 18.6 Å². The number of carboxylic acid groups (broad SMARTS) is 1. The van der Waals surface area contributed by atoms with Crippen LogP contribution in [-0.2, 0) is 4.74 Å². The van der Waals surface area contributed by atoms with Gasteiger partial charge in [-0.2, -0.15) is 0 Å². The van der Waals surface area contributed by atoms with E-state index in [1.165, 1.54) is 24.0 Å². The van der Waals surface area contributed by atoms with Crippen LogP contribution in [0.15, 0.2) is 17.3 Å². The van der Waals surface area contributed by atoms with E-state index in [1.807, 2.05) is 0 Å². The number of carboxylic acids is 1. The molecule has 0 spiro atoms. The van der Waals surface area contributed by atoms with Crippen molar-refractivity contribution in [3.63, 3.8) is 0 Å². The molecule has 0 saturated carbocycles. The Morgan fingerprint density at radius 1 is 1.71 bits per heavy atom. The van der Waals surface area contributed by atoms with Crippen molar-refractivity contribution in [3.8, 4) is 0 Å². The van der Waals surface area contributed by atoms with Crippen molar-refractivity contribution >= 4 is 29.3 Å². The van der Waals surface area contributed by atoms with Crippen molar-refractivity contribution in [1.82, 2.24) is 4.98 Å². The van der Waals surface area contributed by atoms with Crippen molar-refractivity contribution in [2.24, 2.45) is 0 Å². The van der Waals surface area contributed by atoms with Crippen molar-refractivity contribution in [2.75, 3.05) is 12.4 Å². The minimum atomic E-state index is -1.02. The molecule has 1 atom stereocenters. The molecule has 1 aromatic rings. The quantitative estimate of drug-likeness (QED) is 0.855. The van der Waals surface area contributed by atoms with Gasteiger partial charge in [0.2, 0.25) is 0 Å². The van der Waals surface area contributed by atoms with Gasteiger partial charge in [-0.05, 0) is 18.9 Å². The first-order valence-electron chi connectivity index (χ1n) is 5.30. The highest BCUT2D eigenvalue weighted by molar-refractivity contribution is 7.99. The lowest BCUT2D eigenvalue weighted by Gasteiger charge is -2.09. The van der Waals surface area contributed by atoms with Gasteiger partial charge in [0.15, 0.2) is 0 Å². The number of carbonyl (C=O) groups is 1. The molecule has 0 bridgehead atoms. The molecule has 6 heteroatoms. The SMILES string of the molecule is O=C(O)c1cnc(SCC2CCCO2)c(Cl)c1. The van der Waals surface area contributed by atoms with Crippen LogP contribution < -0.4 is 0 Å². The molecule has 1 saturated heterocycles. The van der Waals surface area contributed by atoms with Crippen LogP contribution >= 0.6 is 23.4 Å². The fraction of sp³-hybridized carbons (Fsp3) is 0.455. The first-order chi connectivity index (χ1) is 8.16. The minimum Gasteiger partial charge on any atom is -0.478 e. The Morgan fingerprint density at radius 2 is 2.53 bits per heavy atom. The van der Waals surface area contributed by atoms with E-state index in [-0.39, 0.29) is 11.7 Å². The van der Waals surface area contributed by atoms with E-state index in [2.05, 4.69) is 4.98 Å². The zero-order valence-corrected chi connectivity index (χ0v) is 10.6. The van der Waals surface area contributed by atoms with Crippen LogP contribution in [0.2, 0.25) is 5.02 Å². The maximum absolute atomic E-state index is 10.7. The molecular weight excluding hydrogens is 262 g/mol. The molecular formula is C11H12ClNO3S. The van der Waals surface area contributed by atoms with Gasteiger partial charge in [0.05, 0.1) is 16.7 Å². The summed E-state index contributed by atoms with van der Waals surface area (Å²) < 4.78 is 5.49. The van der Waals surface area contributed by atoms with E-state index in [0.29, 0.717) is 10.0 Å². The van der Waals surface area contributed by atoms with Crippen LogP contribution in [0, 0.1) is 0 Å². The molecule has 2 rings (SSSR count). The summed E-state index contributed by atoms with van der Waals surface area (Å²) in [7, 11) is 0. The lowest BCUT2D eigenvalue weighted by atomic mass is 10.3. The second-order valence-electron chi connectivity index (χ2n) is 3.76. The number of aromatic nitrogens is 1. The van der Waals surface area contributed by atoms with E-state index in [4.69, 9.17) is 21.4 Å². The fourth-order valence-corrected chi connectivity index (χ4v) is 2.86. The highest BCUT2D eigenvalue weighted by Gasteiger charge is 2.17. The summed E-state index contributed by atoms with van der Waals surface area (Å²) in [5.41, 5.74) is 0.108. The van der Waals surface area contributed by atoms with E-state index < -0.39 is 5.97 Å². The predicted molar refractivity (Wildman–Crippen MR) is 65.9 cm³/mol. The van der Waals surface area contributed by atoms with Gasteiger partial charge in [0.25, 0.3) is 0 Å². The van der Waals surface area contributed by atoms with Gasteiger partial charge in [-0.3, -0.25) is 0 Å². The first-order valence-corrected chi connectivity index (χ1v) is 6.66. The van der Waals surface area contributed by atoms with Gasteiger partial charge in [-0.15, -0.1) is 11.8 Å². The molecule has 17 heavy (non-hydrogen) atoms. The fourth-order valence-electron chi connectivity index (χ4n) is 1.60. The number of halogens is 1. The molecule has 1 aliphatic rings. The molecule has 1 fully saturated rings. The Bertz CT molecular complexity index is 421. The molecule has 1 N–H and O–H groups in total. The largest absolute Gasteiger partial charge is 0.478 e.